The lowest BCUT2D eigenvalue weighted by atomic mass is 10.00. The first kappa shape index (κ1) is 16.8. The Bertz CT molecular complexity index is 177. The molecule has 4 heteroatoms. The summed E-state index contributed by atoms with van der Waals surface area (Å²) in [4.78, 5) is 2.43. The molecule has 104 valence electrons. The minimum atomic E-state index is 0.368. The van der Waals surface area contributed by atoms with Crippen molar-refractivity contribution in [3.05, 3.63) is 0 Å². The van der Waals surface area contributed by atoms with Crippen molar-refractivity contribution in [1.29, 1.82) is 0 Å². The third-order valence-corrected chi connectivity index (χ3v) is 2.98. The first-order valence-electron chi connectivity index (χ1n) is 6.48. The Morgan fingerprint density at radius 3 is 2.18 bits per heavy atom. The minimum absolute atomic E-state index is 0.368. The summed E-state index contributed by atoms with van der Waals surface area (Å²) in [6.45, 7) is 10.8. The molecule has 0 aliphatic heterocycles. The molecule has 2 N–H and O–H groups in total. The van der Waals surface area contributed by atoms with Crippen LogP contribution in [0.5, 0.6) is 0 Å². The van der Waals surface area contributed by atoms with Crippen LogP contribution in [-0.2, 0) is 9.47 Å². The van der Waals surface area contributed by atoms with Crippen molar-refractivity contribution in [2.24, 2.45) is 17.6 Å². The highest BCUT2D eigenvalue weighted by Crippen LogP contribution is 2.13. The molecule has 0 fully saturated rings. The number of hydrogen-bond donors (Lipinski definition) is 1. The Labute approximate surface area is 106 Å². The van der Waals surface area contributed by atoms with E-state index in [2.05, 4.69) is 25.7 Å². The van der Waals surface area contributed by atoms with Gasteiger partial charge in [0.05, 0.1) is 13.2 Å². The van der Waals surface area contributed by atoms with Gasteiger partial charge in [0.15, 0.2) is 0 Å². The van der Waals surface area contributed by atoms with E-state index in [-0.39, 0.29) is 0 Å². The highest BCUT2D eigenvalue weighted by molar-refractivity contribution is 4.78. The summed E-state index contributed by atoms with van der Waals surface area (Å²) >= 11 is 0. The van der Waals surface area contributed by atoms with E-state index in [1.807, 2.05) is 0 Å². The predicted octanol–water partition coefficient (Wildman–Crippen LogP) is 1.20. The predicted molar refractivity (Wildman–Crippen MR) is 72.2 cm³/mol. The molecular weight excluding hydrogens is 216 g/mol. The molecule has 0 bridgehead atoms. The van der Waals surface area contributed by atoms with Crippen LogP contribution in [0.25, 0.3) is 0 Å². The van der Waals surface area contributed by atoms with Crippen molar-refractivity contribution in [2.45, 2.75) is 26.8 Å². The van der Waals surface area contributed by atoms with Crippen molar-refractivity contribution in [3.63, 3.8) is 0 Å². The van der Waals surface area contributed by atoms with Crippen molar-refractivity contribution in [2.75, 3.05) is 47.1 Å². The van der Waals surface area contributed by atoms with E-state index < -0.39 is 0 Å². The molecule has 0 saturated heterocycles. The van der Waals surface area contributed by atoms with E-state index in [1.54, 1.807) is 14.2 Å². The Morgan fingerprint density at radius 1 is 1.12 bits per heavy atom. The SMILES string of the molecule is COCCN(CC(C)C)C(CN)C(C)COC. The van der Waals surface area contributed by atoms with Gasteiger partial charge in [-0.05, 0) is 11.8 Å². The third-order valence-electron chi connectivity index (χ3n) is 2.98. The molecule has 0 aromatic carbocycles. The number of nitrogens with two attached hydrogens (primary N) is 1. The highest BCUT2D eigenvalue weighted by atomic mass is 16.5. The second-order valence-electron chi connectivity index (χ2n) is 5.12. The zero-order chi connectivity index (χ0) is 13.3. The smallest absolute Gasteiger partial charge is 0.0589 e. The zero-order valence-electron chi connectivity index (χ0n) is 12.1. The van der Waals surface area contributed by atoms with Gasteiger partial charge >= 0.3 is 0 Å². The van der Waals surface area contributed by atoms with Crippen LogP contribution in [0.1, 0.15) is 20.8 Å². The lowest BCUT2D eigenvalue weighted by Crippen LogP contribution is -2.48. The highest BCUT2D eigenvalue weighted by Gasteiger charge is 2.23. The fourth-order valence-corrected chi connectivity index (χ4v) is 2.19. The molecule has 0 aromatic rings. The lowest BCUT2D eigenvalue weighted by molar-refractivity contribution is 0.0584. The summed E-state index contributed by atoms with van der Waals surface area (Å²) in [6, 6.07) is 0.368. The molecule has 4 nitrogen and oxygen atoms in total. The van der Waals surface area contributed by atoms with Crippen molar-refractivity contribution in [1.82, 2.24) is 4.90 Å². The summed E-state index contributed by atoms with van der Waals surface area (Å²) in [7, 11) is 3.48. The molecule has 0 saturated carbocycles. The van der Waals surface area contributed by atoms with Gasteiger partial charge in [-0.25, -0.2) is 0 Å². The van der Waals surface area contributed by atoms with Crippen LogP contribution in [-0.4, -0.2) is 58.0 Å². The van der Waals surface area contributed by atoms with Crippen LogP contribution in [0.15, 0.2) is 0 Å². The Kier molecular flexibility index (Phi) is 9.74. The molecule has 0 aliphatic carbocycles. The van der Waals surface area contributed by atoms with Crippen LogP contribution < -0.4 is 5.73 Å². The summed E-state index contributed by atoms with van der Waals surface area (Å²) in [6.07, 6.45) is 0. The van der Waals surface area contributed by atoms with Gasteiger partial charge in [0.25, 0.3) is 0 Å². The molecule has 0 aromatic heterocycles. The minimum Gasteiger partial charge on any atom is -0.384 e. The molecule has 2 unspecified atom stereocenters. The van der Waals surface area contributed by atoms with E-state index in [9.17, 15) is 0 Å². The van der Waals surface area contributed by atoms with Gasteiger partial charge in [-0.2, -0.15) is 0 Å². The maximum Gasteiger partial charge on any atom is 0.0589 e. The standard InChI is InChI=1S/C13H30N2O2/c1-11(2)9-15(6-7-16-4)13(8-14)12(3)10-17-5/h11-13H,6-10,14H2,1-5H3. The average molecular weight is 246 g/mol. The van der Waals surface area contributed by atoms with Gasteiger partial charge < -0.3 is 15.2 Å². The molecule has 17 heavy (non-hydrogen) atoms. The van der Waals surface area contributed by atoms with E-state index in [4.69, 9.17) is 15.2 Å². The van der Waals surface area contributed by atoms with Gasteiger partial charge in [-0.1, -0.05) is 20.8 Å². The number of hydrogen-bond acceptors (Lipinski definition) is 4. The Balaban J connectivity index is 4.46. The van der Waals surface area contributed by atoms with Gasteiger partial charge in [0.1, 0.15) is 0 Å². The Hall–Kier alpha value is -0.160. The van der Waals surface area contributed by atoms with E-state index in [0.29, 0.717) is 24.4 Å². The summed E-state index contributed by atoms with van der Waals surface area (Å²) in [5.41, 5.74) is 5.91. The molecule has 0 amide bonds. The largest absolute Gasteiger partial charge is 0.384 e. The number of methoxy groups -OCH3 is 2. The Morgan fingerprint density at radius 2 is 1.76 bits per heavy atom. The van der Waals surface area contributed by atoms with Crippen molar-refractivity contribution >= 4 is 0 Å². The van der Waals surface area contributed by atoms with Crippen LogP contribution in [0, 0.1) is 11.8 Å². The molecule has 0 radical (unpaired) electrons. The maximum absolute atomic E-state index is 5.91. The number of ether oxygens (including phenoxy) is 2. The molecule has 2 atom stereocenters. The monoisotopic (exact) mass is 246 g/mol. The normalized spacial score (nSPS) is 15.5. The topological polar surface area (TPSA) is 47.7 Å². The van der Waals surface area contributed by atoms with Gasteiger partial charge in [-0.3, -0.25) is 4.90 Å². The summed E-state index contributed by atoms with van der Waals surface area (Å²) in [5.74, 6) is 1.08. The third kappa shape index (κ3) is 6.99. The van der Waals surface area contributed by atoms with Crippen LogP contribution in [0.4, 0.5) is 0 Å². The summed E-state index contributed by atoms with van der Waals surface area (Å²) < 4.78 is 10.4. The molecular formula is C13H30N2O2. The molecule has 0 heterocycles. The van der Waals surface area contributed by atoms with Gasteiger partial charge in [0.2, 0.25) is 0 Å². The second-order valence-corrected chi connectivity index (χ2v) is 5.12. The fourth-order valence-electron chi connectivity index (χ4n) is 2.19. The van der Waals surface area contributed by atoms with Crippen LogP contribution >= 0.6 is 0 Å². The fraction of sp³-hybridized carbons (Fsp3) is 1.00. The molecule has 0 spiro atoms. The first-order valence-corrected chi connectivity index (χ1v) is 6.48. The van der Waals surface area contributed by atoms with Crippen molar-refractivity contribution < 1.29 is 9.47 Å². The van der Waals surface area contributed by atoms with E-state index in [1.165, 1.54) is 0 Å². The average Bonchev–Trinajstić information content (AvgIpc) is 2.26. The van der Waals surface area contributed by atoms with Gasteiger partial charge in [-0.15, -0.1) is 0 Å². The zero-order valence-corrected chi connectivity index (χ0v) is 12.1. The quantitative estimate of drug-likeness (QED) is 0.629. The summed E-state index contributed by atoms with van der Waals surface area (Å²) in [5, 5.41) is 0. The van der Waals surface area contributed by atoms with Crippen molar-refractivity contribution in [3.8, 4) is 0 Å². The molecule has 0 rings (SSSR count). The molecule has 0 aliphatic rings. The van der Waals surface area contributed by atoms with Gasteiger partial charge in [0, 0.05) is 39.9 Å². The number of rotatable bonds is 10. The van der Waals surface area contributed by atoms with E-state index in [0.717, 1.165) is 26.3 Å². The van der Waals surface area contributed by atoms with E-state index >= 15 is 0 Å². The van der Waals surface area contributed by atoms with Crippen LogP contribution in [0.3, 0.4) is 0 Å². The lowest BCUT2D eigenvalue weighted by Gasteiger charge is -2.35. The number of nitrogens with zero attached hydrogens (tertiary/aromatic N) is 1. The first-order chi connectivity index (χ1) is 8.06. The second kappa shape index (κ2) is 9.83. The maximum atomic E-state index is 5.91. The van der Waals surface area contributed by atoms with Crippen LogP contribution in [0.2, 0.25) is 0 Å².